The molecule has 20 heavy (non-hydrogen) atoms. The number of hydrogen-bond donors (Lipinski definition) is 2. The van der Waals surface area contributed by atoms with E-state index in [1.807, 2.05) is 24.1 Å². The van der Waals surface area contributed by atoms with Gasteiger partial charge in [0.05, 0.1) is 12.8 Å². The van der Waals surface area contributed by atoms with Crippen LogP contribution in [0.1, 0.15) is 19.4 Å². The molecule has 1 unspecified atom stereocenters. The number of ether oxygens (including phenoxy) is 1. The third kappa shape index (κ3) is 7.68. The molecule has 0 fully saturated rings. The minimum Gasteiger partial charge on any atom is -0.383 e. The van der Waals surface area contributed by atoms with Gasteiger partial charge in [0, 0.05) is 39.5 Å². The number of halogens is 1. The van der Waals surface area contributed by atoms with E-state index in [1.54, 1.807) is 7.11 Å². The van der Waals surface area contributed by atoms with Gasteiger partial charge in [-0.15, -0.1) is 24.0 Å². The molecule has 1 heterocycles. The highest BCUT2D eigenvalue weighted by Gasteiger charge is 2.04. The van der Waals surface area contributed by atoms with Gasteiger partial charge in [0.2, 0.25) is 0 Å². The van der Waals surface area contributed by atoms with E-state index in [2.05, 4.69) is 34.6 Å². The van der Waals surface area contributed by atoms with Crippen LogP contribution in [0.25, 0.3) is 0 Å². The van der Waals surface area contributed by atoms with Crippen LogP contribution in [0.5, 0.6) is 0 Å². The second-order valence-corrected chi connectivity index (χ2v) is 4.53. The van der Waals surface area contributed by atoms with Crippen molar-refractivity contribution in [3.63, 3.8) is 0 Å². The molecule has 1 aromatic heterocycles. The summed E-state index contributed by atoms with van der Waals surface area (Å²) < 4.78 is 6.91. The van der Waals surface area contributed by atoms with Crippen LogP contribution in [0.15, 0.2) is 17.4 Å². The maximum atomic E-state index is 5.10. The molecule has 0 aromatic carbocycles. The molecule has 1 rings (SSSR count). The van der Waals surface area contributed by atoms with Gasteiger partial charge >= 0.3 is 0 Å². The lowest BCUT2D eigenvalue weighted by Crippen LogP contribution is -2.44. The average molecular weight is 395 g/mol. The van der Waals surface area contributed by atoms with Crippen molar-refractivity contribution in [3.8, 4) is 0 Å². The van der Waals surface area contributed by atoms with E-state index in [0.29, 0.717) is 6.61 Å². The maximum Gasteiger partial charge on any atom is 0.191 e. The molecule has 0 radical (unpaired) electrons. The van der Waals surface area contributed by atoms with E-state index < -0.39 is 0 Å². The molecule has 0 saturated carbocycles. The molecule has 7 heteroatoms. The molecular formula is C13H26IN5O. The Hall–Kier alpha value is -0.830. The lowest BCUT2D eigenvalue weighted by Gasteiger charge is -2.16. The molecule has 0 saturated heterocycles. The summed E-state index contributed by atoms with van der Waals surface area (Å²) >= 11 is 0. The highest BCUT2D eigenvalue weighted by Crippen LogP contribution is 1.97. The van der Waals surface area contributed by atoms with Crippen LogP contribution in [0.3, 0.4) is 0 Å². The number of nitrogens with zero attached hydrogens (tertiary/aromatic N) is 3. The third-order valence-electron chi connectivity index (χ3n) is 2.57. The number of aromatic nitrogens is 2. The number of hydrogen-bond acceptors (Lipinski definition) is 3. The van der Waals surface area contributed by atoms with Crippen molar-refractivity contribution in [1.29, 1.82) is 0 Å². The van der Waals surface area contributed by atoms with E-state index in [4.69, 9.17) is 4.74 Å². The van der Waals surface area contributed by atoms with Crippen molar-refractivity contribution in [2.24, 2.45) is 12.0 Å². The zero-order valence-electron chi connectivity index (χ0n) is 12.7. The number of nitrogens with one attached hydrogen (secondary N) is 2. The van der Waals surface area contributed by atoms with E-state index in [0.717, 1.165) is 25.5 Å². The molecule has 0 amide bonds. The molecule has 6 nitrogen and oxygen atoms in total. The molecule has 0 aliphatic rings. The summed E-state index contributed by atoms with van der Waals surface area (Å²) in [6, 6.07) is 0.237. The van der Waals surface area contributed by atoms with Crippen LogP contribution >= 0.6 is 24.0 Å². The molecule has 0 bridgehead atoms. The van der Waals surface area contributed by atoms with Gasteiger partial charge in [-0.3, -0.25) is 9.67 Å². The van der Waals surface area contributed by atoms with Crippen LogP contribution in [0, 0.1) is 0 Å². The fourth-order valence-electron chi connectivity index (χ4n) is 1.74. The Morgan fingerprint density at radius 2 is 2.30 bits per heavy atom. The second-order valence-electron chi connectivity index (χ2n) is 4.53. The standard InChI is InChI=1S/C13H25N5O.HI/c1-5-14-13(17-11(2)10-19-4)15-7-6-12-8-16-18(3)9-12;/h8-9,11H,5-7,10H2,1-4H3,(H2,14,15,17);1H. The van der Waals surface area contributed by atoms with Crippen molar-refractivity contribution in [2.75, 3.05) is 26.8 Å². The Morgan fingerprint density at radius 1 is 1.55 bits per heavy atom. The first-order valence-electron chi connectivity index (χ1n) is 6.67. The first-order chi connectivity index (χ1) is 9.15. The predicted octanol–water partition coefficient (Wildman–Crippen LogP) is 1.17. The van der Waals surface area contributed by atoms with E-state index in [1.165, 1.54) is 5.56 Å². The van der Waals surface area contributed by atoms with E-state index in [9.17, 15) is 0 Å². The zero-order chi connectivity index (χ0) is 14.1. The van der Waals surface area contributed by atoms with Gasteiger partial charge in [0.15, 0.2) is 5.96 Å². The molecule has 1 aromatic rings. The summed E-state index contributed by atoms with van der Waals surface area (Å²) in [6.07, 6.45) is 4.79. The smallest absolute Gasteiger partial charge is 0.191 e. The SMILES string of the molecule is CCNC(=NCCc1cnn(C)c1)NC(C)COC.I. The monoisotopic (exact) mass is 395 g/mol. The maximum absolute atomic E-state index is 5.10. The van der Waals surface area contributed by atoms with Gasteiger partial charge in [-0.05, 0) is 25.8 Å². The Morgan fingerprint density at radius 3 is 2.85 bits per heavy atom. The highest BCUT2D eigenvalue weighted by molar-refractivity contribution is 14.0. The minimum atomic E-state index is 0. The van der Waals surface area contributed by atoms with Crippen molar-refractivity contribution in [2.45, 2.75) is 26.3 Å². The minimum absolute atomic E-state index is 0. The summed E-state index contributed by atoms with van der Waals surface area (Å²) in [6.45, 7) is 6.36. The van der Waals surface area contributed by atoms with Crippen molar-refractivity contribution in [1.82, 2.24) is 20.4 Å². The van der Waals surface area contributed by atoms with Crippen LogP contribution in [-0.4, -0.2) is 48.6 Å². The summed E-state index contributed by atoms with van der Waals surface area (Å²) in [4.78, 5) is 4.54. The van der Waals surface area contributed by atoms with Gasteiger partial charge in [-0.25, -0.2) is 0 Å². The number of guanidine groups is 1. The molecule has 0 aliphatic heterocycles. The third-order valence-corrected chi connectivity index (χ3v) is 2.57. The second kappa shape index (κ2) is 10.9. The average Bonchev–Trinajstić information content (AvgIpc) is 2.75. The fourth-order valence-corrected chi connectivity index (χ4v) is 1.74. The highest BCUT2D eigenvalue weighted by atomic mass is 127. The quantitative estimate of drug-likeness (QED) is 0.414. The van der Waals surface area contributed by atoms with E-state index in [-0.39, 0.29) is 30.0 Å². The normalized spacial score (nSPS) is 12.7. The topological polar surface area (TPSA) is 63.5 Å². The van der Waals surface area contributed by atoms with E-state index >= 15 is 0 Å². The Balaban J connectivity index is 0.00000361. The molecular weight excluding hydrogens is 369 g/mol. The predicted molar refractivity (Wildman–Crippen MR) is 92.8 cm³/mol. The fraction of sp³-hybridized carbons (Fsp3) is 0.692. The van der Waals surface area contributed by atoms with Gasteiger partial charge in [0.25, 0.3) is 0 Å². The van der Waals surface area contributed by atoms with Gasteiger partial charge in [-0.2, -0.15) is 5.10 Å². The lowest BCUT2D eigenvalue weighted by molar-refractivity contribution is 0.179. The van der Waals surface area contributed by atoms with Gasteiger partial charge in [0.1, 0.15) is 0 Å². The number of methoxy groups -OCH3 is 1. The molecule has 0 spiro atoms. The van der Waals surface area contributed by atoms with Crippen LogP contribution in [0.4, 0.5) is 0 Å². The Kier molecular flexibility index (Phi) is 10.4. The Bertz CT molecular complexity index is 394. The molecule has 116 valence electrons. The van der Waals surface area contributed by atoms with Crippen molar-refractivity contribution in [3.05, 3.63) is 18.0 Å². The number of aryl methyl sites for hydroxylation is 1. The first kappa shape index (κ1) is 19.2. The number of aliphatic imine (C=N–C) groups is 1. The molecule has 1 atom stereocenters. The van der Waals surface area contributed by atoms with Crippen LogP contribution in [0.2, 0.25) is 0 Å². The van der Waals surface area contributed by atoms with Crippen LogP contribution < -0.4 is 10.6 Å². The summed E-state index contributed by atoms with van der Waals surface area (Å²) in [5, 5.41) is 10.7. The van der Waals surface area contributed by atoms with Crippen molar-refractivity contribution >= 4 is 29.9 Å². The first-order valence-corrected chi connectivity index (χ1v) is 6.67. The zero-order valence-corrected chi connectivity index (χ0v) is 15.0. The summed E-state index contributed by atoms with van der Waals surface area (Å²) in [5.41, 5.74) is 1.20. The summed E-state index contributed by atoms with van der Waals surface area (Å²) in [5.74, 6) is 0.830. The largest absolute Gasteiger partial charge is 0.383 e. The summed E-state index contributed by atoms with van der Waals surface area (Å²) in [7, 11) is 3.62. The van der Waals surface area contributed by atoms with Crippen LogP contribution in [-0.2, 0) is 18.2 Å². The van der Waals surface area contributed by atoms with Crippen molar-refractivity contribution < 1.29 is 4.74 Å². The van der Waals surface area contributed by atoms with Gasteiger partial charge in [-0.1, -0.05) is 0 Å². The molecule has 2 N–H and O–H groups in total. The number of rotatable bonds is 7. The molecule has 0 aliphatic carbocycles. The Labute approximate surface area is 138 Å². The van der Waals surface area contributed by atoms with Gasteiger partial charge < -0.3 is 15.4 Å². The lowest BCUT2D eigenvalue weighted by atomic mass is 10.2.